The molecule has 22 heavy (non-hydrogen) atoms. The zero-order chi connectivity index (χ0) is 15.9. The zero-order valence-electron chi connectivity index (χ0n) is 11.4. The predicted octanol–water partition coefficient (Wildman–Crippen LogP) is 4.71. The number of thioether (sulfide) groups is 1. The maximum Gasteiger partial charge on any atom is 0.288 e. The third-order valence-corrected chi connectivity index (χ3v) is 3.81. The Bertz CT molecular complexity index is 655. The van der Waals surface area contributed by atoms with Gasteiger partial charge in [0.05, 0.1) is 22.9 Å². The van der Waals surface area contributed by atoms with Gasteiger partial charge in [-0.1, -0.05) is 47.6 Å². The highest BCUT2D eigenvalue weighted by atomic mass is 35.5. The van der Waals surface area contributed by atoms with Crippen LogP contribution < -0.4 is 10.6 Å². The second-order valence-corrected chi connectivity index (χ2v) is 5.70. The average molecular weight is 343 g/mol. The summed E-state index contributed by atoms with van der Waals surface area (Å²) in [4.78, 5) is 12.2. The lowest BCUT2D eigenvalue weighted by Gasteiger charge is -2.11. The van der Waals surface area contributed by atoms with Crippen molar-refractivity contribution in [2.45, 2.75) is 10.7 Å². The number of nitrogens with one attached hydrogen (secondary N) is 2. The number of halogens is 3. The van der Waals surface area contributed by atoms with E-state index in [2.05, 4.69) is 10.6 Å². The van der Waals surface area contributed by atoms with Crippen molar-refractivity contribution in [1.29, 1.82) is 0 Å². The van der Waals surface area contributed by atoms with Gasteiger partial charge in [-0.15, -0.1) is 0 Å². The van der Waals surface area contributed by atoms with Gasteiger partial charge in [-0.2, -0.15) is 8.78 Å². The number of amides is 1. The monoisotopic (exact) mass is 342 g/mol. The number of rotatable bonds is 6. The molecule has 0 spiro atoms. The number of hydrogen-bond acceptors (Lipinski definition) is 3. The first-order valence-corrected chi connectivity index (χ1v) is 7.64. The number of carbonyl (C=O) groups is 1. The van der Waals surface area contributed by atoms with Gasteiger partial charge in [0.25, 0.3) is 5.76 Å². The van der Waals surface area contributed by atoms with Gasteiger partial charge < -0.3 is 10.6 Å². The molecule has 2 aromatic rings. The summed E-state index contributed by atoms with van der Waals surface area (Å²) in [6.07, 6.45) is 0. The Hall–Kier alpha value is -1.79. The molecule has 0 aromatic heterocycles. The maximum atomic E-state index is 12.5. The number of anilines is 2. The highest BCUT2D eigenvalue weighted by molar-refractivity contribution is 7.99. The van der Waals surface area contributed by atoms with Crippen LogP contribution in [0.1, 0.15) is 0 Å². The van der Waals surface area contributed by atoms with Crippen molar-refractivity contribution >= 4 is 40.6 Å². The number of para-hydroxylation sites is 2. The van der Waals surface area contributed by atoms with E-state index in [1.165, 1.54) is 6.07 Å². The normalized spacial score (nSPS) is 10.5. The van der Waals surface area contributed by atoms with Crippen molar-refractivity contribution in [1.82, 2.24) is 0 Å². The van der Waals surface area contributed by atoms with Crippen LogP contribution in [0.4, 0.5) is 20.2 Å². The summed E-state index contributed by atoms with van der Waals surface area (Å²) in [6, 6.07) is 13.5. The third-order valence-electron chi connectivity index (χ3n) is 2.69. The molecule has 2 aromatic carbocycles. The largest absolute Gasteiger partial charge is 0.375 e. The first-order valence-electron chi connectivity index (χ1n) is 6.38. The van der Waals surface area contributed by atoms with Crippen LogP contribution in [0.2, 0.25) is 5.02 Å². The molecule has 7 heteroatoms. The molecule has 0 bridgehead atoms. The summed E-state index contributed by atoms with van der Waals surface area (Å²) < 4.78 is 25.0. The molecule has 0 heterocycles. The fraction of sp³-hybridized carbons (Fsp3) is 0.133. The molecule has 0 aliphatic carbocycles. The smallest absolute Gasteiger partial charge is 0.288 e. The summed E-state index contributed by atoms with van der Waals surface area (Å²) in [5.41, 5.74) is 0.994. The number of alkyl halides is 2. The molecule has 116 valence electrons. The van der Waals surface area contributed by atoms with Gasteiger partial charge in [-0.05, 0) is 24.3 Å². The molecule has 0 atom stereocenters. The lowest BCUT2D eigenvalue weighted by molar-refractivity contribution is -0.114. The standard InChI is InChI=1S/C15H13ClF2N2OS/c16-10-5-1-2-6-11(10)19-9-14(21)20-12-7-3-4-8-13(12)22-15(17)18/h1-8,15,19H,9H2,(H,20,21). The van der Waals surface area contributed by atoms with Gasteiger partial charge >= 0.3 is 0 Å². The Morgan fingerprint density at radius 1 is 1.09 bits per heavy atom. The lowest BCUT2D eigenvalue weighted by atomic mass is 10.3. The first-order chi connectivity index (χ1) is 10.6. The van der Waals surface area contributed by atoms with Crippen molar-refractivity contribution in [3.8, 4) is 0 Å². The Morgan fingerprint density at radius 3 is 2.41 bits per heavy atom. The highest BCUT2D eigenvalue weighted by Crippen LogP contribution is 2.31. The van der Waals surface area contributed by atoms with Gasteiger partial charge in [-0.25, -0.2) is 0 Å². The van der Waals surface area contributed by atoms with Crippen LogP contribution in [-0.2, 0) is 4.79 Å². The van der Waals surface area contributed by atoms with Crippen LogP contribution in [0.25, 0.3) is 0 Å². The van der Waals surface area contributed by atoms with E-state index in [4.69, 9.17) is 11.6 Å². The van der Waals surface area contributed by atoms with Crippen LogP contribution in [-0.4, -0.2) is 18.2 Å². The Balaban J connectivity index is 1.96. The molecular weight excluding hydrogens is 330 g/mol. The molecule has 0 radical (unpaired) electrons. The molecular formula is C15H13ClF2N2OS. The number of carbonyl (C=O) groups excluding carboxylic acids is 1. The van der Waals surface area contributed by atoms with E-state index in [-0.39, 0.29) is 12.5 Å². The molecule has 2 N–H and O–H groups in total. The zero-order valence-corrected chi connectivity index (χ0v) is 12.9. The van der Waals surface area contributed by atoms with Crippen molar-refractivity contribution in [3.63, 3.8) is 0 Å². The van der Waals surface area contributed by atoms with Gasteiger partial charge in [0.15, 0.2) is 0 Å². The van der Waals surface area contributed by atoms with E-state index in [0.717, 1.165) is 0 Å². The summed E-state index contributed by atoms with van der Waals surface area (Å²) in [5.74, 6) is -2.89. The van der Waals surface area contributed by atoms with Gasteiger partial charge in [0.1, 0.15) is 0 Å². The molecule has 2 rings (SSSR count). The van der Waals surface area contributed by atoms with E-state index in [0.29, 0.717) is 33.1 Å². The first kappa shape index (κ1) is 16.6. The quantitative estimate of drug-likeness (QED) is 0.747. The summed E-state index contributed by atoms with van der Waals surface area (Å²) in [5, 5.41) is 6.00. The van der Waals surface area contributed by atoms with Crippen LogP contribution in [0.3, 0.4) is 0 Å². The SMILES string of the molecule is O=C(CNc1ccccc1Cl)Nc1ccccc1SC(F)F. The van der Waals surface area contributed by atoms with E-state index in [9.17, 15) is 13.6 Å². The summed E-state index contributed by atoms with van der Waals surface area (Å²) in [7, 11) is 0. The minimum Gasteiger partial charge on any atom is -0.375 e. The van der Waals surface area contributed by atoms with Crippen LogP contribution in [0, 0.1) is 0 Å². The highest BCUT2D eigenvalue weighted by Gasteiger charge is 2.11. The fourth-order valence-electron chi connectivity index (χ4n) is 1.74. The lowest BCUT2D eigenvalue weighted by Crippen LogP contribution is -2.22. The number of benzene rings is 2. The van der Waals surface area contributed by atoms with Crippen LogP contribution in [0.5, 0.6) is 0 Å². The minimum atomic E-state index is -2.54. The summed E-state index contributed by atoms with van der Waals surface area (Å²) >= 11 is 6.36. The molecule has 1 amide bonds. The molecule has 0 saturated heterocycles. The van der Waals surface area contributed by atoms with Gasteiger partial charge in [-0.3, -0.25) is 4.79 Å². The van der Waals surface area contributed by atoms with E-state index >= 15 is 0 Å². The van der Waals surface area contributed by atoms with Crippen molar-refractivity contribution in [2.75, 3.05) is 17.2 Å². The van der Waals surface area contributed by atoms with Crippen molar-refractivity contribution in [3.05, 3.63) is 53.6 Å². The van der Waals surface area contributed by atoms with E-state index < -0.39 is 5.76 Å². The van der Waals surface area contributed by atoms with Crippen molar-refractivity contribution in [2.24, 2.45) is 0 Å². The second-order valence-electron chi connectivity index (χ2n) is 4.26. The minimum absolute atomic E-state index is 0.0165. The fourth-order valence-corrected chi connectivity index (χ4v) is 2.54. The molecule has 3 nitrogen and oxygen atoms in total. The Labute approximate surface area is 136 Å². The second kappa shape index (κ2) is 8.00. The molecule has 0 aliphatic rings. The maximum absolute atomic E-state index is 12.5. The Kier molecular flexibility index (Phi) is 6.03. The third kappa shape index (κ3) is 4.89. The number of hydrogen-bond donors (Lipinski definition) is 2. The predicted molar refractivity (Wildman–Crippen MR) is 86.9 cm³/mol. The average Bonchev–Trinajstić information content (AvgIpc) is 2.48. The molecule has 0 saturated carbocycles. The van der Waals surface area contributed by atoms with E-state index in [1.807, 2.05) is 0 Å². The van der Waals surface area contributed by atoms with Crippen molar-refractivity contribution < 1.29 is 13.6 Å². The van der Waals surface area contributed by atoms with E-state index in [1.54, 1.807) is 42.5 Å². The molecule has 0 aliphatic heterocycles. The van der Waals surface area contributed by atoms with Gasteiger partial charge in [0, 0.05) is 4.90 Å². The Morgan fingerprint density at radius 2 is 1.73 bits per heavy atom. The van der Waals surface area contributed by atoms with Crippen LogP contribution >= 0.6 is 23.4 Å². The van der Waals surface area contributed by atoms with Crippen LogP contribution in [0.15, 0.2) is 53.4 Å². The topological polar surface area (TPSA) is 41.1 Å². The molecule has 0 fully saturated rings. The van der Waals surface area contributed by atoms with Gasteiger partial charge in [0.2, 0.25) is 5.91 Å². The molecule has 0 unspecified atom stereocenters. The summed E-state index contributed by atoms with van der Waals surface area (Å²) in [6.45, 7) is -0.0165.